The van der Waals surface area contributed by atoms with Crippen LogP contribution in [0, 0.1) is 0 Å². The molecule has 1 amide bonds. The van der Waals surface area contributed by atoms with Crippen molar-refractivity contribution in [3.05, 3.63) is 57.0 Å². The highest BCUT2D eigenvalue weighted by Crippen LogP contribution is 2.35. The Bertz CT molecular complexity index is 754. The first-order valence-corrected chi connectivity index (χ1v) is 8.37. The summed E-state index contributed by atoms with van der Waals surface area (Å²) in [6.45, 7) is -0.280. The van der Waals surface area contributed by atoms with Gasteiger partial charge in [-0.15, -0.1) is 0 Å². The molecule has 2 rings (SSSR count). The van der Waals surface area contributed by atoms with Gasteiger partial charge in [-0.3, -0.25) is 4.79 Å². The number of carbonyl (C=O) groups excluding carboxylic acids is 1. The zero-order valence-corrected chi connectivity index (χ0v) is 15.9. The minimum atomic E-state index is -0.441. The minimum absolute atomic E-state index is 0.200. The van der Waals surface area contributed by atoms with E-state index in [2.05, 4.69) is 10.5 Å². The molecule has 0 saturated heterocycles. The van der Waals surface area contributed by atoms with E-state index >= 15 is 0 Å². The van der Waals surface area contributed by atoms with Crippen molar-refractivity contribution in [2.45, 2.75) is 0 Å². The van der Waals surface area contributed by atoms with E-state index in [4.69, 9.17) is 39.5 Å². The second-order valence-corrected chi connectivity index (χ2v) is 6.52. The van der Waals surface area contributed by atoms with Crippen LogP contribution in [0.5, 0.6) is 5.75 Å². The Morgan fingerprint density at radius 2 is 1.76 bits per heavy atom. The summed E-state index contributed by atoms with van der Waals surface area (Å²) >= 11 is 17.8. The third-order valence-electron chi connectivity index (χ3n) is 3.12. The number of ether oxygens (including phenoxy) is 1. The summed E-state index contributed by atoms with van der Waals surface area (Å²) in [6.07, 6.45) is 1.54. The van der Waals surface area contributed by atoms with Gasteiger partial charge in [0.2, 0.25) is 0 Å². The number of hydrazone groups is 1. The first kappa shape index (κ1) is 19.4. The van der Waals surface area contributed by atoms with Gasteiger partial charge in [-0.1, -0.05) is 46.9 Å². The van der Waals surface area contributed by atoms with Crippen molar-refractivity contribution in [3.8, 4) is 5.75 Å². The third-order valence-corrected chi connectivity index (χ3v) is 3.90. The summed E-state index contributed by atoms with van der Waals surface area (Å²) in [7, 11) is 3.92. The van der Waals surface area contributed by atoms with Crippen molar-refractivity contribution in [3.63, 3.8) is 0 Å². The fourth-order valence-corrected chi connectivity index (χ4v) is 2.80. The molecule has 0 unspecified atom stereocenters. The van der Waals surface area contributed by atoms with Crippen molar-refractivity contribution < 1.29 is 9.53 Å². The van der Waals surface area contributed by atoms with Crippen LogP contribution in [0.4, 0.5) is 5.69 Å². The summed E-state index contributed by atoms with van der Waals surface area (Å²) in [5, 5.41) is 4.73. The predicted octanol–water partition coefficient (Wildman–Crippen LogP) is 4.24. The molecule has 0 atom stereocenters. The average Bonchev–Trinajstić information content (AvgIpc) is 2.54. The Balaban J connectivity index is 1.86. The molecule has 1 N–H and O–H groups in total. The molecule has 25 heavy (non-hydrogen) atoms. The lowest BCUT2D eigenvalue weighted by Gasteiger charge is -2.11. The molecule has 0 bridgehead atoms. The Kier molecular flexibility index (Phi) is 6.93. The van der Waals surface area contributed by atoms with Gasteiger partial charge >= 0.3 is 0 Å². The Morgan fingerprint density at radius 1 is 1.16 bits per heavy atom. The van der Waals surface area contributed by atoms with Crippen LogP contribution in [-0.4, -0.2) is 32.8 Å². The van der Waals surface area contributed by atoms with Gasteiger partial charge in [-0.25, -0.2) is 5.43 Å². The zero-order chi connectivity index (χ0) is 18.4. The lowest BCUT2D eigenvalue weighted by Crippen LogP contribution is -2.24. The van der Waals surface area contributed by atoms with Gasteiger partial charge in [0.25, 0.3) is 5.91 Å². The first-order valence-electron chi connectivity index (χ1n) is 7.23. The monoisotopic (exact) mass is 399 g/mol. The zero-order valence-electron chi connectivity index (χ0n) is 13.6. The highest BCUT2D eigenvalue weighted by molar-refractivity contribution is 6.40. The number of carbonyl (C=O) groups is 1. The van der Waals surface area contributed by atoms with Crippen molar-refractivity contribution in [2.75, 3.05) is 25.6 Å². The molecular weight excluding hydrogens is 385 g/mol. The van der Waals surface area contributed by atoms with Crippen molar-refractivity contribution in [1.82, 2.24) is 5.43 Å². The maximum absolute atomic E-state index is 11.8. The number of hydrogen-bond donors (Lipinski definition) is 1. The molecular formula is C17H16Cl3N3O2. The van der Waals surface area contributed by atoms with E-state index in [-0.39, 0.29) is 22.4 Å². The minimum Gasteiger partial charge on any atom is -0.481 e. The molecule has 132 valence electrons. The highest BCUT2D eigenvalue weighted by atomic mass is 35.5. The number of nitrogens with one attached hydrogen (secondary N) is 1. The average molecular weight is 401 g/mol. The maximum atomic E-state index is 11.8. The number of hydrogen-bond acceptors (Lipinski definition) is 4. The van der Waals surface area contributed by atoms with Crippen LogP contribution in [0.2, 0.25) is 15.1 Å². The number of benzene rings is 2. The van der Waals surface area contributed by atoms with Crippen molar-refractivity contribution in [2.24, 2.45) is 5.10 Å². The number of rotatable bonds is 6. The van der Waals surface area contributed by atoms with Gasteiger partial charge < -0.3 is 9.64 Å². The smallest absolute Gasteiger partial charge is 0.277 e. The third kappa shape index (κ3) is 5.81. The standard InChI is InChI=1S/C17H16Cl3N3O2/c1-23(2)13-5-3-11(4-6-13)9-21-22-16(24)10-25-17-14(19)7-12(18)8-15(17)20/h3-9H,10H2,1-2H3,(H,22,24)/b21-9-. The normalized spacial score (nSPS) is 10.8. The molecule has 0 heterocycles. The maximum Gasteiger partial charge on any atom is 0.277 e. The van der Waals surface area contributed by atoms with E-state index in [1.54, 1.807) is 6.21 Å². The summed E-state index contributed by atoms with van der Waals surface area (Å²) in [4.78, 5) is 13.8. The second-order valence-electron chi connectivity index (χ2n) is 5.27. The number of amides is 1. The highest BCUT2D eigenvalue weighted by Gasteiger charge is 2.11. The van der Waals surface area contributed by atoms with E-state index in [0.29, 0.717) is 5.02 Å². The van der Waals surface area contributed by atoms with Gasteiger partial charge in [0.15, 0.2) is 12.4 Å². The SMILES string of the molecule is CN(C)c1ccc(/C=N\NC(=O)COc2c(Cl)cc(Cl)cc2Cl)cc1. The first-order chi connectivity index (χ1) is 11.9. The number of halogens is 3. The van der Waals surface area contributed by atoms with Crippen LogP contribution in [-0.2, 0) is 4.79 Å². The fraction of sp³-hybridized carbons (Fsp3) is 0.176. The molecule has 5 nitrogen and oxygen atoms in total. The molecule has 0 aliphatic heterocycles. The van der Waals surface area contributed by atoms with Gasteiger partial charge in [-0.05, 0) is 29.8 Å². The lowest BCUT2D eigenvalue weighted by molar-refractivity contribution is -0.123. The molecule has 0 aliphatic rings. The molecule has 0 aromatic heterocycles. The van der Waals surface area contributed by atoms with Crippen LogP contribution in [0.3, 0.4) is 0 Å². The van der Waals surface area contributed by atoms with E-state index < -0.39 is 5.91 Å². The Morgan fingerprint density at radius 3 is 2.32 bits per heavy atom. The van der Waals surface area contributed by atoms with Crippen LogP contribution >= 0.6 is 34.8 Å². The summed E-state index contributed by atoms with van der Waals surface area (Å²) < 4.78 is 5.32. The lowest BCUT2D eigenvalue weighted by atomic mass is 10.2. The van der Waals surface area contributed by atoms with Crippen molar-refractivity contribution >= 4 is 52.6 Å². The van der Waals surface area contributed by atoms with Crippen LogP contribution in [0.1, 0.15) is 5.56 Å². The topological polar surface area (TPSA) is 53.9 Å². The number of nitrogens with zero attached hydrogens (tertiary/aromatic N) is 2. The molecule has 2 aromatic rings. The molecule has 0 saturated carbocycles. The van der Waals surface area contributed by atoms with E-state index in [1.165, 1.54) is 12.1 Å². The molecule has 0 aliphatic carbocycles. The van der Waals surface area contributed by atoms with Gasteiger partial charge in [-0.2, -0.15) is 5.10 Å². The van der Waals surface area contributed by atoms with Gasteiger partial charge in [0.05, 0.1) is 16.3 Å². The Hall–Kier alpha value is -1.95. The van der Waals surface area contributed by atoms with Gasteiger partial charge in [0, 0.05) is 24.8 Å². The predicted molar refractivity (Wildman–Crippen MR) is 103 cm³/mol. The van der Waals surface area contributed by atoms with Crippen LogP contribution in [0.15, 0.2) is 41.5 Å². The molecule has 0 radical (unpaired) electrons. The largest absolute Gasteiger partial charge is 0.481 e. The number of anilines is 1. The second kappa shape index (κ2) is 8.94. The van der Waals surface area contributed by atoms with E-state index in [9.17, 15) is 4.79 Å². The fourth-order valence-electron chi connectivity index (χ4n) is 1.87. The van der Waals surface area contributed by atoms with Gasteiger partial charge in [0.1, 0.15) is 0 Å². The quantitative estimate of drug-likeness (QED) is 0.583. The molecule has 2 aromatic carbocycles. The van der Waals surface area contributed by atoms with E-state index in [1.807, 2.05) is 43.3 Å². The Labute approximate surface area is 161 Å². The molecule has 8 heteroatoms. The molecule has 0 spiro atoms. The summed E-state index contributed by atoms with van der Waals surface area (Å²) in [5.41, 5.74) is 4.30. The van der Waals surface area contributed by atoms with E-state index in [0.717, 1.165) is 11.3 Å². The summed E-state index contributed by atoms with van der Waals surface area (Å²) in [6, 6.07) is 10.7. The molecule has 0 fully saturated rings. The summed E-state index contributed by atoms with van der Waals surface area (Å²) in [5.74, 6) is -0.241. The van der Waals surface area contributed by atoms with Crippen LogP contribution < -0.4 is 15.1 Å². The van der Waals surface area contributed by atoms with Crippen LogP contribution in [0.25, 0.3) is 0 Å². The van der Waals surface area contributed by atoms with Crippen molar-refractivity contribution in [1.29, 1.82) is 0 Å².